The van der Waals surface area contributed by atoms with Crippen LogP contribution in [0.25, 0.3) is 0 Å². The fourth-order valence-electron chi connectivity index (χ4n) is 1.33. The summed E-state index contributed by atoms with van der Waals surface area (Å²) < 4.78 is 4.31. The lowest BCUT2D eigenvalue weighted by molar-refractivity contribution is -0.497. The van der Waals surface area contributed by atoms with Gasteiger partial charge in [-0.05, 0) is 11.1 Å². The topological polar surface area (TPSA) is 96.3 Å². The molecule has 1 aromatic rings. The third-order valence-electron chi connectivity index (χ3n) is 2.12. The third-order valence-corrected chi connectivity index (χ3v) is 2.12. The molecule has 2 N–H and O–H groups in total. The number of nitrogens with zero attached hydrogens (tertiary/aromatic N) is 1. The summed E-state index contributed by atoms with van der Waals surface area (Å²) in [6.45, 7) is -0.0761. The summed E-state index contributed by atoms with van der Waals surface area (Å²) >= 11 is 0. The maximum atomic E-state index is 11.3. The molecule has 0 amide bonds. The van der Waals surface area contributed by atoms with Crippen molar-refractivity contribution in [2.45, 2.75) is 13.0 Å². The average Bonchev–Trinajstić information content (AvgIpc) is 2.35. The van der Waals surface area contributed by atoms with Crippen molar-refractivity contribution in [2.24, 2.45) is 0 Å². The SMILES string of the molecule is COC(=O)C(=O)Cc1cccc(CON(O)O)c1. The molecule has 0 saturated carbocycles. The van der Waals surface area contributed by atoms with Crippen LogP contribution in [0.3, 0.4) is 0 Å². The van der Waals surface area contributed by atoms with Gasteiger partial charge in [-0.25, -0.2) is 9.63 Å². The Bertz CT molecular complexity index is 431. The standard InChI is InChI=1S/C11H13NO6/c1-17-11(14)10(13)6-8-3-2-4-9(5-8)7-18-12(15)16/h2-5,15-16H,6-7H2,1H3. The predicted molar refractivity (Wildman–Crippen MR) is 57.4 cm³/mol. The van der Waals surface area contributed by atoms with Gasteiger partial charge in [0, 0.05) is 6.42 Å². The molecule has 0 radical (unpaired) electrons. The van der Waals surface area contributed by atoms with Crippen molar-refractivity contribution in [2.75, 3.05) is 7.11 Å². The molecule has 0 aromatic heterocycles. The summed E-state index contributed by atoms with van der Waals surface area (Å²) in [6, 6.07) is 6.62. The van der Waals surface area contributed by atoms with Gasteiger partial charge in [0.15, 0.2) is 0 Å². The van der Waals surface area contributed by atoms with E-state index in [2.05, 4.69) is 9.57 Å². The Hall–Kier alpha value is -1.80. The fourth-order valence-corrected chi connectivity index (χ4v) is 1.33. The zero-order chi connectivity index (χ0) is 13.5. The molecule has 0 bridgehead atoms. The monoisotopic (exact) mass is 255 g/mol. The van der Waals surface area contributed by atoms with Gasteiger partial charge < -0.3 is 4.74 Å². The molecule has 0 fully saturated rings. The number of Topliss-reactive ketones (excluding diaryl/α,β-unsaturated/α-hetero) is 1. The molecule has 0 aliphatic rings. The van der Waals surface area contributed by atoms with Crippen LogP contribution in [-0.4, -0.2) is 34.7 Å². The number of esters is 1. The molecular formula is C11H13NO6. The molecule has 0 aliphatic carbocycles. The third kappa shape index (κ3) is 4.60. The minimum absolute atomic E-state index is 0.0761. The molecule has 7 heteroatoms. The number of carbonyl (C=O) groups is 2. The van der Waals surface area contributed by atoms with Crippen LogP contribution in [0, 0.1) is 0 Å². The average molecular weight is 255 g/mol. The zero-order valence-electron chi connectivity index (χ0n) is 9.70. The summed E-state index contributed by atoms with van der Waals surface area (Å²) in [4.78, 5) is 26.7. The second-order valence-electron chi connectivity index (χ2n) is 3.44. The minimum atomic E-state index is -0.895. The molecule has 0 spiro atoms. The van der Waals surface area contributed by atoms with E-state index in [0.29, 0.717) is 11.1 Å². The second kappa shape index (κ2) is 6.82. The maximum absolute atomic E-state index is 11.3. The lowest BCUT2D eigenvalue weighted by atomic mass is 10.1. The Morgan fingerprint density at radius 2 is 1.94 bits per heavy atom. The summed E-state index contributed by atoms with van der Waals surface area (Å²) in [7, 11) is 1.14. The number of hydrogen-bond donors (Lipinski definition) is 2. The Kier molecular flexibility index (Phi) is 5.40. The van der Waals surface area contributed by atoms with E-state index in [1.807, 2.05) is 0 Å². The van der Waals surface area contributed by atoms with Gasteiger partial charge in [0.2, 0.25) is 5.78 Å². The van der Waals surface area contributed by atoms with Crippen LogP contribution < -0.4 is 0 Å². The van der Waals surface area contributed by atoms with Gasteiger partial charge in [-0.2, -0.15) is 0 Å². The van der Waals surface area contributed by atoms with Gasteiger partial charge in [0.05, 0.1) is 19.1 Å². The Morgan fingerprint density at radius 1 is 1.28 bits per heavy atom. The molecule has 0 aliphatic heterocycles. The van der Waals surface area contributed by atoms with Crippen LogP contribution in [0.1, 0.15) is 11.1 Å². The normalized spacial score (nSPS) is 10.4. The van der Waals surface area contributed by atoms with E-state index < -0.39 is 17.1 Å². The van der Waals surface area contributed by atoms with Crippen LogP contribution in [0.15, 0.2) is 24.3 Å². The lowest BCUT2D eigenvalue weighted by Gasteiger charge is -2.07. The zero-order valence-corrected chi connectivity index (χ0v) is 9.70. The fraction of sp³-hybridized carbons (Fsp3) is 0.273. The van der Waals surface area contributed by atoms with E-state index in [9.17, 15) is 9.59 Å². The molecule has 0 unspecified atom stereocenters. The Morgan fingerprint density at radius 3 is 2.56 bits per heavy atom. The molecule has 0 saturated heterocycles. The first-order valence-electron chi connectivity index (χ1n) is 5.02. The number of benzene rings is 1. The van der Waals surface area contributed by atoms with Crippen LogP contribution in [0.2, 0.25) is 0 Å². The highest BCUT2D eigenvalue weighted by Crippen LogP contribution is 2.08. The van der Waals surface area contributed by atoms with E-state index in [4.69, 9.17) is 10.4 Å². The van der Waals surface area contributed by atoms with Gasteiger partial charge in [-0.1, -0.05) is 24.3 Å². The maximum Gasteiger partial charge on any atom is 0.374 e. The highest BCUT2D eigenvalue weighted by molar-refractivity contribution is 6.34. The predicted octanol–water partition coefficient (Wildman–Crippen LogP) is 0.483. The molecule has 1 rings (SSSR count). The van der Waals surface area contributed by atoms with Crippen LogP contribution >= 0.6 is 0 Å². The highest BCUT2D eigenvalue weighted by atomic mass is 17.1. The lowest BCUT2D eigenvalue weighted by Crippen LogP contribution is -2.18. The van der Waals surface area contributed by atoms with Crippen LogP contribution in [0.4, 0.5) is 0 Å². The van der Waals surface area contributed by atoms with E-state index in [0.717, 1.165) is 7.11 Å². The van der Waals surface area contributed by atoms with E-state index >= 15 is 0 Å². The molecule has 0 heterocycles. The van der Waals surface area contributed by atoms with Crippen molar-refractivity contribution in [3.63, 3.8) is 0 Å². The van der Waals surface area contributed by atoms with Gasteiger partial charge >= 0.3 is 5.97 Å². The number of ether oxygens (including phenoxy) is 1. The quantitative estimate of drug-likeness (QED) is 0.433. The first kappa shape index (κ1) is 14.3. The number of hydrogen-bond acceptors (Lipinski definition) is 7. The van der Waals surface area contributed by atoms with Gasteiger partial charge in [0.25, 0.3) is 0 Å². The van der Waals surface area contributed by atoms with Crippen molar-refractivity contribution < 1.29 is 29.6 Å². The highest BCUT2D eigenvalue weighted by Gasteiger charge is 2.14. The van der Waals surface area contributed by atoms with Gasteiger partial charge in [0.1, 0.15) is 0 Å². The van der Waals surface area contributed by atoms with Crippen LogP contribution in [-0.2, 0) is 32.2 Å². The van der Waals surface area contributed by atoms with E-state index in [-0.39, 0.29) is 13.0 Å². The number of carbonyl (C=O) groups excluding carboxylic acids is 2. The Balaban J connectivity index is 2.64. The summed E-state index contributed by atoms with van der Waals surface area (Å²) in [6.07, 6.45) is -0.0809. The van der Waals surface area contributed by atoms with Crippen LogP contribution in [0.5, 0.6) is 0 Å². The first-order valence-corrected chi connectivity index (χ1v) is 5.02. The molecule has 98 valence electrons. The molecule has 1 aromatic carbocycles. The van der Waals surface area contributed by atoms with E-state index in [1.54, 1.807) is 24.3 Å². The van der Waals surface area contributed by atoms with Crippen molar-refractivity contribution in [3.8, 4) is 0 Å². The van der Waals surface area contributed by atoms with Crippen molar-refractivity contribution in [3.05, 3.63) is 35.4 Å². The largest absolute Gasteiger partial charge is 0.463 e. The number of ketones is 1. The summed E-state index contributed by atoms with van der Waals surface area (Å²) in [5.41, 5.74) is 1.23. The molecule has 0 atom stereocenters. The van der Waals surface area contributed by atoms with Crippen molar-refractivity contribution in [1.29, 1.82) is 0 Å². The minimum Gasteiger partial charge on any atom is -0.463 e. The summed E-state index contributed by atoms with van der Waals surface area (Å²) in [5, 5.41) is 16.4. The number of rotatable bonds is 6. The van der Waals surface area contributed by atoms with Crippen molar-refractivity contribution in [1.82, 2.24) is 5.39 Å². The van der Waals surface area contributed by atoms with E-state index in [1.165, 1.54) is 0 Å². The second-order valence-corrected chi connectivity index (χ2v) is 3.44. The molecule has 18 heavy (non-hydrogen) atoms. The van der Waals surface area contributed by atoms with Gasteiger partial charge in [-0.3, -0.25) is 15.2 Å². The van der Waals surface area contributed by atoms with Crippen molar-refractivity contribution >= 4 is 11.8 Å². The summed E-state index contributed by atoms with van der Waals surface area (Å²) in [5.74, 6) is -1.55. The van der Waals surface area contributed by atoms with Gasteiger partial charge in [-0.15, -0.1) is 0 Å². The molecule has 7 nitrogen and oxygen atoms in total. The Labute approximate surface area is 103 Å². The number of methoxy groups -OCH3 is 1. The first-order chi connectivity index (χ1) is 8.52. The molecular weight excluding hydrogens is 242 g/mol. The smallest absolute Gasteiger partial charge is 0.374 e.